The van der Waals surface area contributed by atoms with Crippen molar-refractivity contribution in [2.24, 2.45) is 5.92 Å². The predicted octanol–water partition coefficient (Wildman–Crippen LogP) is 4.85. The first-order chi connectivity index (χ1) is 10.3. The van der Waals surface area contributed by atoms with E-state index in [0.717, 1.165) is 11.7 Å². The van der Waals surface area contributed by atoms with Crippen LogP contribution in [-0.4, -0.2) is 13.2 Å². The molecule has 0 bridgehead atoms. The van der Waals surface area contributed by atoms with E-state index in [9.17, 15) is 0 Å². The lowest BCUT2D eigenvalue weighted by atomic mass is 9.89. The molecule has 1 unspecified atom stereocenters. The van der Waals surface area contributed by atoms with Crippen molar-refractivity contribution >= 4 is 0 Å². The van der Waals surface area contributed by atoms with Crippen molar-refractivity contribution in [2.75, 3.05) is 7.05 Å². The SMILES string of the molecule is CNC(CC1CCCCCC1)c1cccc(OC2CC2)c1. The highest BCUT2D eigenvalue weighted by Crippen LogP contribution is 2.33. The monoisotopic (exact) mass is 287 g/mol. The van der Waals surface area contributed by atoms with Gasteiger partial charge in [0.25, 0.3) is 0 Å². The molecule has 0 amide bonds. The summed E-state index contributed by atoms with van der Waals surface area (Å²) in [7, 11) is 2.09. The Bertz CT molecular complexity index is 433. The fourth-order valence-corrected chi connectivity index (χ4v) is 3.54. The molecule has 0 radical (unpaired) electrons. The second-order valence-corrected chi connectivity index (χ2v) is 6.82. The Labute approximate surface area is 129 Å². The van der Waals surface area contributed by atoms with Crippen LogP contribution in [0.1, 0.15) is 69.4 Å². The first-order valence-corrected chi connectivity index (χ1v) is 8.79. The Morgan fingerprint density at radius 2 is 1.86 bits per heavy atom. The Balaban J connectivity index is 1.63. The van der Waals surface area contributed by atoms with Crippen LogP contribution < -0.4 is 10.1 Å². The largest absolute Gasteiger partial charge is 0.490 e. The van der Waals surface area contributed by atoms with Gasteiger partial charge in [-0.3, -0.25) is 0 Å². The van der Waals surface area contributed by atoms with Crippen LogP contribution in [0.2, 0.25) is 0 Å². The standard InChI is InChI=1S/C19H29NO/c1-20-19(13-15-7-4-2-3-5-8-15)16-9-6-10-18(14-16)21-17-11-12-17/h6,9-10,14-15,17,19-20H,2-5,7-8,11-13H2,1H3. The summed E-state index contributed by atoms with van der Waals surface area (Å²) in [5.41, 5.74) is 1.39. The van der Waals surface area contributed by atoms with Crippen molar-refractivity contribution in [3.63, 3.8) is 0 Å². The van der Waals surface area contributed by atoms with E-state index in [-0.39, 0.29) is 0 Å². The van der Waals surface area contributed by atoms with E-state index in [2.05, 4.69) is 36.6 Å². The van der Waals surface area contributed by atoms with Gasteiger partial charge in [-0.1, -0.05) is 50.7 Å². The number of ether oxygens (including phenoxy) is 1. The zero-order chi connectivity index (χ0) is 14.5. The molecule has 2 saturated carbocycles. The van der Waals surface area contributed by atoms with Gasteiger partial charge in [0.15, 0.2) is 0 Å². The molecule has 0 spiro atoms. The van der Waals surface area contributed by atoms with Gasteiger partial charge >= 0.3 is 0 Å². The molecule has 2 fully saturated rings. The van der Waals surface area contributed by atoms with E-state index < -0.39 is 0 Å². The molecule has 0 saturated heterocycles. The maximum atomic E-state index is 5.94. The Hall–Kier alpha value is -1.02. The lowest BCUT2D eigenvalue weighted by Crippen LogP contribution is -2.20. The van der Waals surface area contributed by atoms with Crippen LogP contribution in [-0.2, 0) is 0 Å². The summed E-state index contributed by atoms with van der Waals surface area (Å²) in [6.45, 7) is 0. The zero-order valence-corrected chi connectivity index (χ0v) is 13.3. The van der Waals surface area contributed by atoms with Crippen LogP contribution in [0.4, 0.5) is 0 Å². The maximum Gasteiger partial charge on any atom is 0.120 e. The molecule has 21 heavy (non-hydrogen) atoms. The van der Waals surface area contributed by atoms with Gasteiger partial charge in [-0.2, -0.15) is 0 Å². The summed E-state index contributed by atoms with van der Waals surface area (Å²) in [5, 5.41) is 3.53. The van der Waals surface area contributed by atoms with Crippen molar-refractivity contribution in [2.45, 2.75) is 69.9 Å². The van der Waals surface area contributed by atoms with E-state index in [4.69, 9.17) is 4.74 Å². The van der Waals surface area contributed by atoms with E-state index in [1.807, 2.05) is 0 Å². The van der Waals surface area contributed by atoms with Crippen molar-refractivity contribution in [1.82, 2.24) is 5.32 Å². The van der Waals surface area contributed by atoms with Crippen molar-refractivity contribution < 1.29 is 4.74 Å². The fraction of sp³-hybridized carbons (Fsp3) is 0.684. The third kappa shape index (κ3) is 4.47. The molecule has 1 aromatic rings. The van der Waals surface area contributed by atoms with Crippen LogP contribution >= 0.6 is 0 Å². The highest BCUT2D eigenvalue weighted by Gasteiger charge is 2.24. The van der Waals surface area contributed by atoms with Crippen LogP contribution in [0, 0.1) is 5.92 Å². The van der Waals surface area contributed by atoms with Gasteiger partial charge in [0, 0.05) is 6.04 Å². The summed E-state index contributed by atoms with van der Waals surface area (Å²) in [5.74, 6) is 1.94. The van der Waals surface area contributed by atoms with Gasteiger partial charge in [0.05, 0.1) is 6.10 Å². The van der Waals surface area contributed by atoms with Crippen molar-refractivity contribution in [3.05, 3.63) is 29.8 Å². The first kappa shape index (κ1) is 14.9. The zero-order valence-electron chi connectivity index (χ0n) is 13.3. The summed E-state index contributed by atoms with van der Waals surface area (Å²) >= 11 is 0. The van der Waals surface area contributed by atoms with Gasteiger partial charge in [-0.25, -0.2) is 0 Å². The third-order valence-electron chi connectivity index (χ3n) is 4.98. The minimum atomic E-state index is 0.468. The van der Waals surface area contributed by atoms with Crippen molar-refractivity contribution in [1.29, 1.82) is 0 Å². The molecule has 1 atom stereocenters. The highest BCUT2D eigenvalue weighted by atomic mass is 16.5. The lowest BCUT2D eigenvalue weighted by Gasteiger charge is -2.23. The predicted molar refractivity (Wildman–Crippen MR) is 87.7 cm³/mol. The first-order valence-electron chi connectivity index (χ1n) is 8.79. The number of hydrogen-bond acceptors (Lipinski definition) is 2. The fourth-order valence-electron chi connectivity index (χ4n) is 3.54. The quantitative estimate of drug-likeness (QED) is 0.755. The average molecular weight is 287 g/mol. The third-order valence-corrected chi connectivity index (χ3v) is 4.98. The van der Waals surface area contributed by atoms with E-state index in [1.54, 1.807) is 0 Å². The molecule has 0 heterocycles. The number of rotatable bonds is 6. The second-order valence-electron chi connectivity index (χ2n) is 6.82. The average Bonchev–Trinajstić information content (AvgIpc) is 3.32. The van der Waals surface area contributed by atoms with Crippen LogP contribution in [0.3, 0.4) is 0 Å². The van der Waals surface area contributed by atoms with Gasteiger partial charge < -0.3 is 10.1 Å². The number of hydrogen-bond donors (Lipinski definition) is 1. The van der Waals surface area contributed by atoms with E-state index >= 15 is 0 Å². The lowest BCUT2D eigenvalue weighted by molar-refractivity contribution is 0.302. The van der Waals surface area contributed by atoms with E-state index in [0.29, 0.717) is 12.1 Å². The summed E-state index contributed by atoms with van der Waals surface area (Å²) in [4.78, 5) is 0. The summed E-state index contributed by atoms with van der Waals surface area (Å²) < 4.78 is 5.94. The van der Waals surface area contributed by atoms with Gasteiger partial charge in [0.2, 0.25) is 0 Å². The number of nitrogens with one attached hydrogen (secondary N) is 1. The molecule has 2 aliphatic carbocycles. The molecule has 0 aliphatic heterocycles. The normalized spacial score (nSPS) is 21.8. The van der Waals surface area contributed by atoms with Gasteiger partial charge in [-0.05, 0) is 49.9 Å². The number of benzene rings is 1. The minimum absolute atomic E-state index is 0.468. The molecule has 0 aromatic heterocycles. The second kappa shape index (κ2) is 7.31. The van der Waals surface area contributed by atoms with Crippen LogP contribution in [0.25, 0.3) is 0 Å². The van der Waals surface area contributed by atoms with Crippen molar-refractivity contribution in [3.8, 4) is 5.75 Å². The highest BCUT2D eigenvalue weighted by molar-refractivity contribution is 5.31. The maximum absolute atomic E-state index is 5.94. The molecule has 2 heteroatoms. The Kier molecular flexibility index (Phi) is 5.18. The minimum Gasteiger partial charge on any atom is -0.490 e. The topological polar surface area (TPSA) is 21.3 Å². The Morgan fingerprint density at radius 1 is 1.10 bits per heavy atom. The molecular formula is C19H29NO. The Morgan fingerprint density at radius 3 is 2.52 bits per heavy atom. The summed E-state index contributed by atoms with van der Waals surface area (Å²) in [6.07, 6.45) is 12.7. The van der Waals surface area contributed by atoms with Crippen LogP contribution in [0.5, 0.6) is 5.75 Å². The molecule has 2 aliphatic rings. The smallest absolute Gasteiger partial charge is 0.120 e. The molecule has 3 rings (SSSR count). The van der Waals surface area contributed by atoms with Crippen LogP contribution in [0.15, 0.2) is 24.3 Å². The molecule has 116 valence electrons. The van der Waals surface area contributed by atoms with Gasteiger partial charge in [0.1, 0.15) is 5.75 Å². The van der Waals surface area contributed by atoms with E-state index in [1.165, 1.54) is 63.4 Å². The molecule has 1 aromatic carbocycles. The summed E-state index contributed by atoms with van der Waals surface area (Å²) in [6, 6.07) is 9.20. The van der Waals surface area contributed by atoms with Gasteiger partial charge in [-0.15, -0.1) is 0 Å². The molecule has 2 nitrogen and oxygen atoms in total. The molecular weight excluding hydrogens is 258 g/mol. The molecule has 1 N–H and O–H groups in total.